The van der Waals surface area contributed by atoms with Crippen LogP contribution in [0.5, 0.6) is 0 Å². The van der Waals surface area contributed by atoms with E-state index in [9.17, 15) is 19.6 Å². The molecule has 0 saturated carbocycles. The van der Waals surface area contributed by atoms with E-state index in [-0.39, 0.29) is 23.8 Å². The van der Waals surface area contributed by atoms with Gasteiger partial charge in [0.25, 0.3) is 11.5 Å². The largest absolute Gasteiger partial charge is 0.365 e. The average molecular weight is 560 g/mol. The molecule has 5 aromatic rings. The van der Waals surface area contributed by atoms with Crippen LogP contribution in [-0.2, 0) is 13.1 Å². The minimum absolute atomic E-state index is 0.0863. The number of rotatable bonds is 8. The second-order valence-electron chi connectivity index (χ2n) is 8.14. The molecular weight excluding hydrogens is 542 g/mol. The number of anilines is 1. The standard InChI is InChI=1S/C27H18ClN5O3S2/c28-24-9-8-19(38-24)14-30-25-12-21(31-33(25)27(36)23-7-4-10-37-23)20-15-32(26(35)11-18(20)13-29)16-22(34)17-5-2-1-3-6-17/h1-12,15,30H,14,16H2. The molecule has 0 aliphatic heterocycles. The fraction of sp³-hybridized carbons (Fsp3) is 0.0741. The van der Waals surface area contributed by atoms with Crippen molar-refractivity contribution in [1.82, 2.24) is 14.3 Å². The lowest BCUT2D eigenvalue weighted by atomic mass is 10.1. The van der Waals surface area contributed by atoms with Gasteiger partial charge in [-0.1, -0.05) is 48.0 Å². The lowest BCUT2D eigenvalue weighted by Gasteiger charge is -2.08. The number of nitriles is 1. The number of hydrogen-bond acceptors (Lipinski definition) is 8. The minimum Gasteiger partial charge on any atom is -0.365 e. The Balaban J connectivity index is 1.54. The molecule has 0 aliphatic rings. The molecule has 0 unspecified atom stereocenters. The van der Waals surface area contributed by atoms with Crippen molar-refractivity contribution in [2.24, 2.45) is 0 Å². The number of benzene rings is 1. The highest BCUT2D eigenvalue weighted by Gasteiger charge is 2.21. The summed E-state index contributed by atoms with van der Waals surface area (Å²) in [6.45, 7) is 0.192. The first-order chi connectivity index (χ1) is 18.4. The van der Waals surface area contributed by atoms with Crippen LogP contribution in [0.4, 0.5) is 5.82 Å². The number of ketones is 1. The van der Waals surface area contributed by atoms with Gasteiger partial charge in [-0.3, -0.25) is 14.4 Å². The molecule has 0 fully saturated rings. The Hall–Kier alpha value is -4.30. The second kappa shape index (κ2) is 11.0. The van der Waals surface area contributed by atoms with Crippen LogP contribution in [0.15, 0.2) is 83.1 Å². The van der Waals surface area contributed by atoms with E-state index in [0.717, 1.165) is 4.88 Å². The maximum Gasteiger partial charge on any atom is 0.290 e. The van der Waals surface area contributed by atoms with E-state index in [4.69, 9.17) is 11.6 Å². The van der Waals surface area contributed by atoms with Gasteiger partial charge in [0.1, 0.15) is 11.9 Å². The SMILES string of the molecule is N#Cc1cc(=O)n(CC(=O)c2ccccc2)cc1-c1cc(NCc2ccc(Cl)s2)n(C(=O)c2cccs2)n1. The highest BCUT2D eigenvalue weighted by atomic mass is 35.5. The van der Waals surface area contributed by atoms with E-state index in [1.807, 2.05) is 12.1 Å². The maximum atomic E-state index is 13.3. The van der Waals surface area contributed by atoms with Crippen LogP contribution in [0, 0.1) is 11.3 Å². The van der Waals surface area contributed by atoms with Crippen molar-refractivity contribution in [1.29, 1.82) is 5.26 Å². The quantitative estimate of drug-likeness (QED) is 0.250. The number of halogens is 1. The number of nitrogens with one attached hydrogen (secondary N) is 1. The highest BCUT2D eigenvalue weighted by Crippen LogP contribution is 2.27. The highest BCUT2D eigenvalue weighted by molar-refractivity contribution is 7.16. The zero-order valence-electron chi connectivity index (χ0n) is 19.6. The molecule has 1 aromatic carbocycles. The third-order valence-corrected chi connectivity index (χ3v) is 7.73. The zero-order valence-corrected chi connectivity index (χ0v) is 22.0. The van der Waals surface area contributed by atoms with Crippen molar-refractivity contribution in [2.75, 3.05) is 5.32 Å². The zero-order chi connectivity index (χ0) is 26.6. The van der Waals surface area contributed by atoms with Gasteiger partial charge in [-0.25, -0.2) is 0 Å². The smallest absolute Gasteiger partial charge is 0.290 e. The molecule has 0 spiro atoms. The second-order valence-corrected chi connectivity index (χ2v) is 10.9. The molecule has 1 N–H and O–H groups in total. The molecule has 8 nitrogen and oxygen atoms in total. The Morgan fingerprint density at radius 1 is 1.08 bits per heavy atom. The average Bonchev–Trinajstić information content (AvgIpc) is 3.70. The summed E-state index contributed by atoms with van der Waals surface area (Å²) in [5.74, 6) is -0.187. The predicted octanol–water partition coefficient (Wildman–Crippen LogP) is 5.54. The molecule has 188 valence electrons. The monoisotopic (exact) mass is 559 g/mol. The van der Waals surface area contributed by atoms with Crippen molar-refractivity contribution in [2.45, 2.75) is 13.1 Å². The molecular formula is C27H18ClN5O3S2. The Morgan fingerprint density at radius 3 is 2.58 bits per heavy atom. The number of hydrogen-bond donors (Lipinski definition) is 1. The van der Waals surface area contributed by atoms with Gasteiger partial charge < -0.3 is 9.88 Å². The van der Waals surface area contributed by atoms with Gasteiger partial charge in [0.05, 0.1) is 33.6 Å². The Labute approximate surface area is 230 Å². The molecule has 0 bridgehead atoms. The number of carbonyl (C=O) groups excluding carboxylic acids is 2. The maximum absolute atomic E-state index is 13.3. The van der Waals surface area contributed by atoms with E-state index in [0.29, 0.717) is 38.4 Å². The van der Waals surface area contributed by atoms with Gasteiger partial charge in [0, 0.05) is 34.3 Å². The van der Waals surface area contributed by atoms with Crippen molar-refractivity contribution in [3.63, 3.8) is 0 Å². The van der Waals surface area contributed by atoms with Crippen LogP contribution < -0.4 is 10.9 Å². The molecule has 5 rings (SSSR count). The Bertz CT molecular complexity index is 1730. The van der Waals surface area contributed by atoms with Crippen molar-refractivity contribution in [3.8, 4) is 17.3 Å². The Kier molecular flexibility index (Phi) is 7.33. The van der Waals surface area contributed by atoms with E-state index in [2.05, 4.69) is 10.4 Å². The Morgan fingerprint density at radius 2 is 1.89 bits per heavy atom. The van der Waals surface area contributed by atoms with Crippen LogP contribution in [0.1, 0.15) is 30.5 Å². The van der Waals surface area contributed by atoms with Crippen molar-refractivity contribution >= 4 is 51.8 Å². The van der Waals surface area contributed by atoms with Gasteiger partial charge in [-0.2, -0.15) is 15.0 Å². The summed E-state index contributed by atoms with van der Waals surface area (Å²) in [6.07, 6.45) is 1.44. The molecule has 0 amide bonds. The lowest BCUT2D eigenvalue weighted by molar-refractivity contribution is 0.0949. The van der Waals surface area contributed by atoms with E-state index in [1.165, 1.54) is 44.2 Å². The topological polar surface area (TPSA) is 110 Å². The summed E-state index contributed by atoms with van der Waals surface area (Å²) in [5.41, 5.74) is 0.697. The molecule has 0 radical (unpaired) electrons. The van der Waals surface area contributed by atoms with Crippen LogP contribution in [0.3, 0.4) is 0 Å². The molecule has 4 heterocycles. The van der Waals surface area contributed by atoms with E-state index >= 15 is 0 Å². The number of carbonyl (C=O) groups is 2. The van der Waals surface area contributed by atoms with Crippen LogP contribution >= 0.6 is 34.3 Å². The summed E-state index contributed by atoms with van der Waals surface area (Å²) in [6, 6.07) is 20.6. The first-order valence-electron chi connectivity index (χ1n) is 11.3. The number of pyridine rings is 1. The lowest BCUT2D eigenvalue weighted by Crippen LogP contribution is -2.24. The van der Waals surface area contributed by atoms with Crippen molar-refractivity contribution in [3.05, 3.63) is 114 Å². The molecule has 0 atom stereocenters. The number of aromatic nitrogens is 3. The predicted molar refractivity (Wildman–Crippen MR) is 148 cm³/mol. The normalized spacial score (nSPS) is 10.7. The first-order valence-corrected chi connectivity index (χ1v) is 13.4. The van der Waals surface area contributed by atoms with Gasteiger partial charge in [0.2, 0.25) is 0 Å². The van der Waals surface area contributed by atoms with E-state index < -0.39 is 5.56 Å². The number of Topliss-reactive ketones (excluding diaryl/α,β-unsaturated/α-hetero) is 1. The molecule has 11 heteroatoms. The molecule has 0 saturated heterocycles. The summed E-state index contributed by atoms with van der Waals surface area (Å²) in [7, 11) is 0. The van der Waals surface area contributed by atoms with Gasteiger partial charge >= 0.3 is 0 Å². The summed E-state index contributed by atoms with van der Waals surface area (Å²) in [5, 5.41) is 19.3. The third-order valence-electron chi connectivity index (χ3n) is 5.64. The van der Waals surface area contributed by atoms with Gasteiger partial charge in [-0.15, -0.1) is 22.7 Å². The van der Waals surface area contributed by atoms with Gasteiger partial charge in [0.15, 0.2) is 5.78 Å². The third kappa shape index (κ3) is 5.35. The summed E-state index contributed by atoms with van der Waals surface area (Å²) < 4.78 is 3.13. The summed E-state index contributed by atoms with van der Waals surface area (Å²) in [4.78, 5) is 40.2. The van der Waals surface area contributed by atoms with Gasteiger partial charge in [-0.05, 0) is 23.6 Å². The molecule has 0 aliphatic carbocycles. The van der Waals surface area contributed by atoms with Crippen LogP contribution in [0.2, 0.25) is 4.34 Å². The van der Waals surface area contributed by atoms with E-state index in [1.54, 1.807) is 60.0 Å². The summed E-state index contributed by atoms with van der Waals surface area (Å²) >= 11 is 8.75. The molecule has 4 aromatic heterocycles. The van der Waals surface area contributed by atoms with Crippen LogP contribution in [-0.4, -0.2) is 26.0 Å². The van der Waals surface area contributed by atoms with Crippen molar-refractivity contribution < 1.29 is 9.59 Å². The van der Waals surface area contributed by atoms with Crippen LogP contribution in [0.25, 0.3) is 11.3 Å². The molecule has 38 heavy (non-hydrogen) atoms. The fourth-order valence-electron chi connectivity index (χ4n) is 3.79. The fourth-order valence-corrected chi connectivity index (χ4v) is 5.46. The minimum atomic E-state index is -0.489. The number of thiophene rings is 2. The number of nitrogens with zero attached hydrogens (tertiary/aromatic N) is 4. The first kappa shape index (κ1) is 25.4.